The average molecular weight is 366 g/mol. The zero-order chi connectivity index (χ0) is 19.2. The highest BCUT2D eigenvalue weighted by Crippen LogP contribution is 2.16. The third kappa shape index (κ3) is 4.78. The van der Waals surface area contributed by atoms with E-state index in [0.29, 0.717) is 29.1 Å². The second kappa shape index (κ2) is 8.57. The molecule has 0 atom stereocenters. The largest absolute Gasteiger partial charge is 0.392 e. The van der Waals surface area contributed by atoms with Crippen molar-refractivity contribution in [2.45, 2.75) is 33.1 Å². The van der Waals surface area contributed by atoms with E-state index in [9.17, 15) is 15.0 Å². The van der Waals surface area contributed by atoms with Gasteiger partial charge in [-0.15, -0.1) is 5.10 Å². The van der Waals surface area contributed by atoms with Crippen molar-refractivity contribution in [2.24, 2.45) is 0 Å². The predicted molar refractivity (Wildman–Crippen MR) is 101 cm³/mol. The van der Waals surface area contributed by atoms with E-state index in [-0.39, 0.29) is 25.5 Å². The molecular formula is C20H22N4O3. The van der Waals surface area contributed by atoms with Crippen LogP contribution < -0.4 is 5.32 Å². The lowest BCUT2D eigenvalue weighted by Gasteiger charge is -2.09. The molecule has 0 saturated heterocycles. The lowest BCUT2D eigenvalue weighted by atomic mass is 10.1. The third-order valence-electron chi connectivity index (χ3n) is 4.28. The molecule has 0 saturated carbocycles. The molecule has 7 nitrogen and oxygen atoms in total. The molecule has 0 aliphatic carbocycles. The standard InChI is InChI=1S/C20H22N4O3/c1-14-19(22-23-24(14)11-15-5-3-2-4-6-15)10-20(27)21-18-8-16(12-25)7-17(9-18)13-26/h2-9,25-26H,10-13H2,1H3,(H,21,27). The van der Waals surface area contributed by atoms with Crippen molar-refractivity contribution in [1.29, 1.82) is 0 Å². The van der Waals surface area contributed by atoms with Gasteiger partial charge in [0.05, 0.1) is 37.6 Å². The fraction of sp³-hybridized carbons (Fsp3) is 0.250. The minimum atomic E-state index is -0.233. The lowest BCUT2D eigenvalue weighted by molar-refractivity contribution is -0.115. The van der Waals surface area contributed by atoms with Crippen molar-refractivity contribution < 1.29 is 15.0 Å². The molecule has 27 heavy (non-hydrogen) atoms. The summed E-state index contributed by atoms with van der Waals surface area (Å²) in [5.74, 6) is -0.233. The van der Waals surface area contributed by atoms with Crippen LogP contribution in [0, 0.1) is 6.92 Å². The van der Waals surface area contributed by atoms with E-state index in [0.717, 1.165) is 11.3 Å². The van der Waals surface area contributed by atoms with Gasteiger partial charge in [0.25, 0.3) is 0 Å². The molecule has 3 rings (SSSR count). The smallest absolute Gasteiger partial charge is 0.230 e. The van der Waals surface area contributed by atoms with Crippen molar-refractivity contribution in [2.75, 3.05) is 5.32 Å². The Morgan fingerprint density at radius 2 is 1.70 bits per heavy atom. The van der Waals surface area contributed by atoms with Crippen LogP contribution in [0.4, 0.5) is 5.69 Å². The molecule has 3 aromatic rings. The van der Waals surface area contributed by atoms with Crippen LogP contribution in [0.2, 0.25) is 0 Å². The predicted octanol–water partition coefficient (Wildman–Crippen LogP) is 1.80. The number of aliphatic hydroxyl groups excluding tert-OH is 2. The highest BCUT2D eigenvalue weighted by Gasteiger charge is 2.14. The van der Waals surface area contributed by atoms with Gasteiger partial charge < -0.3 is 15.5 Å². The van der Waals surface area contributed by atoms with Gasteiger partial charge in [0, 0.05) is 5.69 Å². The first-order valence-electron chi connectivity index (χ1n) is 8.66. The monoisotopic (exact) mass is 366 g/mol. The molecule has 0 spiro atoms. The molecule has 3 N–H and O–H groups in total. The highest BCUT2D eigenvalue weighted by molar-refractivity contribution is 5.92. The summed E-state index contributed by atoms with van der Waals surface area (Å²) in [6, 6.07) is 15.0. The Morgan fingerprint density at radius 1 is 1.04 bits per heavy atom. The zero-order valence-corrected chi connectivity index (χ0v) is 15.1. The molecule has 1 heterocycles. The first-order valence-corrected chi connectivity index (χ1v) is 8.66. The van der Waals surface area contributed by atoms with Crippen molar-refractivity contribution in [3.8, 4) is 0 Å². The normalized spacial score (nSPS) is 10.8. The number of anilines is 1. The summed E-state index contributed by atoms with van der Waals surface area (Å²) in [6.45, 7) is 2.16. The van der Waals surface area contributed by atoms with Gasteiger partial charge in [0.2, 0.25) is 5.91 Å². The van der Waals surface area contributed by atoms with Crippen molar-refractivity contribution in [1.82, 2.24) is 15.0 Å². The number of nitrogens with one attached hydrogen (secondary N) is 1. The Morgan fingerprint density at radius 3 is 2.33 bits per heavy atom. The van der Waals surface area contributed by atoms with Gasteiger partial charge in [0.1, 0.15) is 0 Å². The maximum Gasteiger partial charge on any atom is 0.230 e. The number of amides is 1. The molecule has 2 aromatic carbocycles. The minimum Gasteiger partial charge on any atom is -0.392 e. The Kier molecular flexibility index (Phi) is 5.95. The van der Waals surface area contributed by atoms with Crippen LogP contribution in [0.15, 0.2) is 48.5 Å². The van der Waals surface area contributed by atoms with Crippen LogP contribution in [0.5, 0.6) is 0 Å². The summed E-state index contributed by atoms with van der Waals surface area (Å²) >= 11 is 0. The Hall–Kier alpha value is -3.03. The minimum absolute atomic E-state index is 0.0957. The van der Waals surface area contributed by atoms with Crippen molar-refractivity contribution >= 4 is 11.6 Å². The number of aliphatic hydroxyl groups is 2. The topological polar surface area (TPSA) is 100 Å². The molecule has 140 valence electrons. The molecule has 0 aliphatic heterocycles. The molecule has 0 bridgehead atoms. The number of carbonyl (C=O) groups excluding carboxylic acids is 1. The molecule has 1 amide bonds. The number of aromatic nitrogens is 3. The zero-order valence-electron chi connectivity index (χ0n) is 15.1. The van der Waals surface area contributed by atoms with E-state index in [1.54, 1.807) is 22.9 Å². The third-order valence-corrected chi connectivity index (χ3v) is 4.28. The van der Waals surface area contributed by atoms with Crippen LogP contribution in [-0.4, -0.2) is 31.1 Å². The highest BCUT2D eigenvalue weighted by atomic mass is 16.3. The number of hydrogen-bond donors (Lipinski definition) is 3. The van der Waals surface area contributed by atoms with E-state index in [1.807, 2.05) is 37.3 Å². The summed E-state index contributed by atoms with van der Waals surface area (Å²) in [7, 11) is 0. The first-order chi connectivity index (χ1) is 13.1. The molecule has 1 aromatic heterocycles. The second-order valence-electron chi connectivity index (χ2n) is 6.34. The first kappa shape index (κ1) is 18.8. The van der Waals surface area contributed by atoms with Gasteiger partial charge in [0.15, 0.2) is 0 Å². The van der Waals surface area contributed by atoms with Gasteiger partial charge in [-0.25, -0.2) is 4.68 Å². The van der Waals surface area contributed by atoms with Gasteiger partial charge in [-0.1, -0.05) is 41.6 Å². The number of nitrogens with zero attached hydrogens (tertiary/aromatic N) is 3. The van der Waals surface area contributed by atoms with E-state index in [2.05, 4.69) is 15.6 Å². The quantitative estimate of drug-likeness (QED) is 0.592. The molecule has 0 aliphatic rings. The average Bonchev–Trinajstić information content (AvgIpc) is 3.01. The summed E-state index contributed by atoms with van der Waals surface area (Å²) in [4.78, 5) is 12.4. The van der Waals surface area contributed by atoms with E-state index in [4.69, 9.17) is 0 Å². The molecule has 0 unspecified atom stereocenters. The van der Waals surface area contributed by atoms with E-state index < -0.39 is 0 Å². The van der Waals surface area contributed by atoms with Crippen LogP contribution in [-0.2, 0) is 31.0 Å². The fourth-order valence-corrected chi connectivity index (χ4v) is 2.84. The molecule has 7 heteroatoms. The number of hydrogen-bond acceptors (Lipinski definition) is 5. The number of rotatable bonds is 7. The SMILES string of the molecule is Cc1c(CC(=O)Nc2cc(CO)cc(CO)c2)nnn1Cc1ccccc1. The van der Waals surface area contributed by atoms with Gasteiger partial charge >= 0.3 is 0 Å². The Bertz CT molecular complexity index is 900. The number of benzene rings is 2. The van der Waals surface area contributed by atoms with Crippen molar-refractivity contribution in [3.63, 3.8) is 0 Å². The van der Waals surface area contributed by atoms with Crippen LogP contribution >= 0.6 is 0 Å². The summed E-state index contributed by atoms with van der Waals surface area (Å²) in [6.07, 6.45) is 0.0957. The Balaban J connectivity index is 1.68. The fourth-order valence-electron chi connectivity index (χ4n) is 2.84. The lowest BCUT2D eigenvalue weighted by Crippen LogP contribution is -2.16. The molecule has 0 fully saturated rings. The van der Waals surface area contributed by atoms with Crippen LogP contribution in [0.1, 0.15) is 28.1 Å². The maximum atomic E-state index is 12.4. The summed E-state index contributed by atoms with van der Waals surface area (Å²) in [5.41, 5.74) is 4.35. The molecule has 0 radical (unpaired) electrons. The van der Waals surface area contributed by atoms with Gasteiger partial charge in [-0.05, 0) is 35.7 Å². The van der Waals surface area contributed by atoms with Gasteiger partial charge in [-0.3, -0.25) is 4.79 Å². The number of carbonyl (C=O) groups is 1. The Labute approximate surface area is 157 Å². The van der Waals surface area contributed by atoms with Crippen LogP contribution in [0.3, 0.4) is 0 Å². The van der Waals surface area contributed by atoms with E-state index >= 15 is 0 Å². The van der Waals surface area contributed by atoms with Crippen LogP contribution in [0.25, 0.3) is 0 Å². The van der Waals surface area contributed by atoms with Gasteiger partial charge in [-0.2, -0.15) is 0 Å². The summed E-state index contributed by atoms with van der Waals surface area (Å²) < 4.78 is 1.77. The second-order valence-corrected chi connectivity index (χ2v) is 6.34. The summed E-state index contributed by atoms with van der Waals surface area (Å²) in [5, 5.41) is 29.7. The molecular weight excluding hydrogens is 344 g/mol. The van der Waals surface area contributed by atoms with Crippen molar-refractivity contribution in [3.05, 3.63) is 76.6 Å². The maximum absolute atomic E-state index is 12.4. The van der Waals surface area contributed by atoms with E-state index in [1.165, 1.54) is 0 Å².